The number of aliphatic imine (C=N–C) groups is 1. The molecule has 1 atom stereocenters. The van der Waals surface area contributed by atoms with Gasteiger partial charge >= 0.3 is 0 Å². The molecule has 0 aliphatic carbocycles. The number of nitrogens with one attached hydrogen (secondary N) is 2. The fourth-order valence-corrected chi connectivity index (χ4v) is 2.73. The second-order valence-electron chi connectivity index (χ2n) is 7.03. The lowest BCUT2D eigenvalue weighted by Gasteiger charge is -2.27. The molecule has 6 heteroatoms. The summed E-state index contributed by atoms with van der Waals surface area (Å²) in [6.45, 7) is 15.0. The van der Waals surface area contributed by atoms with Crippen LogP contribution in [0.2, 0.25) is 0 Å². The highest BCUT2D eigenvalue weighted by Gasteiger charge is 2.13. The highest BCUT2D eigenvalue weighted by Crippen LogP contribution is 2.14. The Bertz CT molecular complexity index is 544. The van der Waals surface area contributed by atoms with Crippen molar-refractivity contribution in [3.05, 3.63) is 35.4 Å². The molecule has 1 fully saturated rings. The van der Waals surface area contributed by atoms with Gasteiger partial charge in [-0.1, -0.05) is 38.1 Å². The maximum absolute atomic E-state index is 5.45. The number of morpholine rings is 1. The fraction of sp³-hybridized carbons (Fsp3) is 0.650. The summed E-state index contributed by atoms with van der Waals surface area (Å²) in [5.74, 6) is 1.46. The van der Waals surface area contributed by atoms with E-state index in [1.165, 1.54) is 11.1 Å². The zero-order chi connectivity index (χ0) is 18.1. The van der Waals surface area contributed by atoms with E-state index in [4.69, 9.17) is 9.73 Å². The maximum atomic E-state index is 5.45. The molecule has 0 bridgehead atoms. The van der Waals surface area contributed by atoms with Gasteiger partial charge in [-0.3, -0.25) is 4.90 Å². The van der Waals surface area contributed by atoms with Crippen molar-refractivity contribution in [2.75, 3.05) is 32.8 Å². The van der Waals surface area contributed by atoms with E-state index in [2.05, 4.69) is 67.5 Å². The summed E-state index contributed by atoms with van der Waals surface area (Å²) >= 11 is 0. The van der Waals surface area contributed by atoms with Gasteiger partial charge < -0.3 is 15.4 Å². The van der Waals surface area contributed by atoms with Crippen molar-refractivity contribution in [1.82, 2.24) is 15.5 Å². The van der Waals surface area contributed by atoms with Crippen molar-refractivity contribution >= 4 is 29.9 Å². The van der Waals surface area contributed by atoms with Crippen molar-refractivity contribution < 1.29 is 4.74 Å². The van der Waals surface area contributed by atoms with Crippen LogP contribution in [0.1, 0.15) is 38.8 Å². The lowest BCUT2D eigenvalue weighted by molar-refractivity contribution is 0.0341. The molecular formula is C20H35IN4O. The molecule has 1 unspecified atom stereocenters. The summed E-state index contributed by atoms with van der Waals surface area (Å²) in [6.07, 6.45) is 0. The van der Waals surface area contributed by atoms with E-state index in [1.54, 1.807) is 0 Å². The first-order chi connectivity index (χ1) is 12.1. The number of rotatable bonds is 7. The van der Waals surface area contributed by atoms with E-state index < -0.39 is 0 Å². The van der Waals surface area contributed by atoms with Crippen molar-refractivity contribution in [3.8, 4) is 0 Å². The second kappa shape index (κ2) is 12.5. The van der Waals surface area contributed by atoms with E-state index in [9.17, 15) is 0 Å². The summed E-state index contributed by atoms with van der Waals surface area (Å²) in [4.78, 5) is 7.27. The molecule has 0 spiro atoms. The quantitative estimate of drug-likeness (QED) is 0.362. The molecule has 0 amide bonds. The lowest BCUT2D eigenvalue weighted by atomic mass is 10.1. The summed E-state index contributed by atoms with van der Waals surface area (Å²) in [5.41, 5.74) is 2.66. The lowest BCUT2D eigenvalue weighted by Crippen LogP contribution is -2.44. The van der Waals surface area contributed by atoms with E-state index in [1.807, 2.05) is 0 Å². The molecule has 1 heterocycles. The summed E-state index contributed by atoms with van der Waals surface area (Å²) in [5, 5.41) is 6.85. The average molecular weight is 474 g/mol. The molecule has 1 aromatic carbocycles. The third kappa shape index (κ3) is 7.80. The Morgan fingerprint density at radius 1 is 1.15 bits per heavy atom. The van der Waals surface area contributed by atoms with E-state index in [-0.39, 0.29) is 24.0 Å². The molecule has 26 heavy (non-hydrogen) atoms. The fourth-order valence-electron chi connectivity index (χ4n) is 2.73. The smallest absolute Gasteiger partial charge is 0.191 e. The molecule has 5 nitrogen and oxygen atoms in total. The minimum absolute atomic E-state index is 0. The first-order valence-electron chi connectivity index (χ1n) is 9.52. The number of guanidine groups is 1. The van der Waals surface area contributed by atoms with Gasteiger partial charge in [0.05, 0.1) is 19.8 Å². The first kappa shape index (κ1) is 23.2. The number of hydrogen-bond acceptors (Lipinski definition) is 3. The number of benzene rings is 1. The molecule has 148 valence electrons. The zero-order valence-electron chi connectivity index (χ0n) is 16.6. The molecule has 1 saturated heterocycles. The van der Waals surface area contributed by atoms with Crippen molar-refractivity contribution in [2.24, 2.45) is 10.9 Å². The van der Waals surface area contributed by atoms with Gasteiger partial charge in [-0.15, -0.1) is 24.0 Å². The SMILES string of the molecule is CCNC(=NCc1ccccc1CN1CCOCC1)NC(C)C(C)C.I. The van der Waals surface area contributed by atoms with Crippen LogP contribution in [-0.4, -0.2) is 49.7 Å². The minimum Gasteiger partial charge on any atom is -0.379 e. The maximum Gasteiger partial charge on any atom is 0.191 e. The molecule has 2 rings (SSSR count). The van der Waals surface area contributed by atoms with Crippen LogP contribution in [0.25, 0.3) is 0 Å². The molecule has 1 aromatic rings. The van der Waals surface area contributed by atoms with Crippen molar-refractivity contribution in [1.29, 1.82) is 0 Å². The van der Waals surface area contributed by atoms with Crippen LogP contribution < -0.4 is 10.6 Å². The van der Waals surface area contributed by atoms with Gasteiger partial charge in [0, 0.05) is 32.2 Å². The molecular weight excluding hydrogens is 439 g/mol. The normalized spacial score (nSPS) is 16.9. The van der Waals surface area contributed by atoms with Gasteiger partial charge in [-0.2, -0.15) is 0 Å². The first-order valence-corrected chi connectivity index (χ1v) is 9.52. The number of ether oxygens (including phenoxy) is 1. The second-order valence-corrected chi connectivity index (χ2v) is 7.03. The number of nitrogens with zero attached hydrogens (tertiary/aromatic N) is 2. The largest absolute Gasteiger partial charge is 0.379 e. The molecule has 0 aromatic heterocycles. The highest BCUT2D eigenvalue weighted by atomic mass is 127. The Labute approximate surface area is 176 Å². The average Bonchev–Trinajstić information content (AvgIpc) is 2.61. The van der Waals surface area contributed by atoms with Gasteiger partial charge in [0.25, 0.3) is 0 Å². The minimum atomic E-state index is 0. The Balaban J connectivity index is 0.00000338. The molecule has 0 saturated carbocycles. The molecule has 0 radical (unpaired) electrons. The van der Waals surface area contributed by atoms with Crippen LogP contribution in [0, 0.1) is 5.92 Å². The Hall–Kier alpha value is -0.860. The molecule has 2 N–H and O–H groups in total. The Kier molecular flexibility index (Phi) is 11.2. The van der Waals surface area contributed by atoms with Gasteiger partial charge in [-0.25, -0.2) is 4.99 Å². The standard InChI is InChI=1S/C20H34N4O.HI/c1-5-21-20(23-17(4)16(2)3)22-14-18-8-6-7-9-19(18)15-24-10-12-25-13-11-24;/h6-9,16-17H,5,10-15H2,1-4H3,(H2,21,22,23);1H. The van der Waals surface area contributed by atoms with Gasteiger partial charge in [0.15, 0.2) is 5.96 Å². The molecule has 1 aliphatic rings. The Morgan fingerprint density at radius 2 is 1.81 bits per heavy atom. The summed E-state index contributed by atoms with van der Waals surface area (Å²) in [6, 6.07) is 9.02. The third-order valence-corrected chi connectivity index (χ3v) is 4.73. The summed E-state index contributed by atoms with van der Waals surface area (Å²) in [7, 11) is 0. The van der Waals surface area contributed by atoms with Crippen molar-refractivity contribution in [3.63, 3.8) is 0 Å². The highest BCUT2D eigenvalue weighted by molar-refractivity contribution is 14.0. The topological polar surface area (TPSA) is 48.9 Å². The number of halogens is 1. The van der Waals surface area contributed by atoms with E-state index >= 15 is 0 Å². The van der Waals surface area contributed by atoms with Crippen molar-refractivity contribution in [2.45, 2.75) is 46.8 Å². The summed E-state index contributed by atoms with van der Waals surface area (Å²) < 4.78 is 5.45. The third-order valence-electron chi connectivity index (χ3n) is 4.73. The monoisotopic (exact) mass is 474 g/mol. The van der Waals surface area contributed by atoms with Gasteiger partial charge in [0.2, 0.25) is 0 Å². The Morgan fingerprint density at radius 3 is 2.42 bits per heavy atom. The predicted molar refractivity (Wildman–Crippen MR) is 120 cm³/mol. The van der Waals surface area contributed by atoms with Crippen LogP contribution in [-0.2, 0) is 17.8 Å². The van der Waals surface area contributed by atoms with Crippen LogP contribution in [0.3, 0.4) is 0 Å². The van der Waals surface area contributed by atoms with Crippen LogP contribution in [0.4, 0.5) is 0 Å². The number of hydrogen-bond donors (Lipinski definition) is 2. The zero-order valence-corrected chi connectivity index (χ0v) is 19.0. The van der Waals surface area contributed by atoms with E-state index in [0.29, 0.717) is 18.5 Å². The van der Waals surface area contributed by atoms with Gasteiger partial charge in [0.1, 0.15) is 0 Å². The van der Waals surface area contributed by atoms with E-state index in [0.717, 1.165) is 45.4 Å². The van der Waals surface area contributed by atoms with Gasteiger partial charge in [-0.05, 0) is 30.9 Å². The molecule has 1 aliphatic heterocycles. The van der Waals surface area contributed by atoms with Crippen LogP contribution >= 0.6 is 24.0 Å². The van der Waals surface area contributed by atoms with Crippen LogP contribution in [0.5, 0.6) is 0 Å². The van der Waals surface area contributed by atoms with Crippen LogP contribution in [0.15, 0.2) is 29.3 Å². The predicted octanol–water partition coefficient (Wildman–Crippen LogP) is 3.24.